The first kappa shape index (κ1) is 20.4. The van der Waals surface area contributed by atoms with Crippen molar-refractivity contribution < 1.29 is 32.7 Å². The number of rotatable bonds is 5. The Bertz CT molecular complexity index is 1380. The number of fused-ring (bicyclic) bond motifs is 2. The van der Waals surface area contributed by atoms with Crippen molar-refractivity contribution in [3.8, 4) is 5.75 Å². The molecule has 1 saturated heterocycles. The van der Waals surface area contributed by atoms with Crippen molar-refractivity contribution >= 4 is 34.9 Å². The summed E-state index contributed by atoms with van der Waals surface area (Å²) in [5.74, 6) is -3.05. The van der Waals surface area contributed by atoms with Crippen molar-refractivity contribution in [2.45, 2.75) is 12.1 Å². The standard InChI is InChI=1S/C21H16FN5O6/c1-32-12-3-2-9-7-27(18(29)15(9)16(12)22)8-21(19(30)25-20(31)26-21)14-5-11-13(33-14)4-10(6-24-11)17(23)28/h2-6H,7-8H2,1H3,(H2,23,28)(H2,25,26,30,31). The van der Waals surface area contributed by atoms with Crippen molar-refractivity contribution in [1.29, 1.82) is 0 Å². The Morgan fingerprint density at radius 2 is 2.12 bits per heavy atom. The lowest BCUT2D eigenvalue weighted by Crippen LogP contribution is -2.52. The zero-order valence-corrected chi connectivity index (χ0v) is 17.1. The lowest BCUT2D eigenvalue weighted by Gasteiger charge is -2.28. The van der Waals surface area contributed by atoms with Gasteiger partial charge in [-0.2, -0.15) is 0 Å². The second-order valence-corrected chi connectivity index (χ2v) is 7.67. The molecule has 0 bridgehead atoms. The smallest absolute Gasteiger partial charge is 0.322 e. The van der Waals surface area contributed by atoms with Crippen molar-refractivity contribution in [3.05, 3.63) is 58.7 Å². The summed E-state index contributed by atoms with van der Waals surface area (Å²) in [6, 6.07) is 4.96. The molecular weight excluding hydrogens is 437 g/mol. The highest BCUT2D eigenvalue weighted by Crippen LogP contribution is 2.36. The Hall–Kier alpha value is -4.48. The molecule has 12 heteroatoms. The predicted molar refractivity (Wildman–Crippen MR) is 109 cm³/mol. The summed E-state index contributed by atoms with van der Waals surface area (Å²) >= 11 is 0. The van der Waals surface area contributed by atoms with E-state index in [1.54, 1.807) is 6.07 Å². The second kappa shape index (κ2) is 7.02. The largest absolute Gasteiger partial charge is 0.494 e. The van der Waals surface area contributed by atoms with Gasteiger partial charge in [0.1, 0.15) is 11.3 Å². The van der Waals surface area contributed by atoms with E-state index in [-0.39, 0.29) is 41.3 Å². The molecule has 0 spiro atoms. The number of carbonyl (C=O) groups excluding carboxylic acids is 4. The number of carbonyl (C=O) groups is 4. The molecule has 0 aliphatic carbocycles. The zero-order valence-electron chi connectivity index (χ0n) is 17.1. The fourth-order valence-electron chi connectivity index (χ4n) is 4.08. The third-order valence-electron chi connectivity index (χ3n) is 5.72. The third-order valence-corrected chi connectivity index (χ3v) is 5.72. The molecule has 4 N–H and O–H groups in total. The van der Waals surface area contributed by atoms with Gasteiger partial charge in [-0.1, -0.05) is 6.07 Å². The Balaban J connectivity index is 1.56. The fraction of sp³-hybridized carbons (Fsp3) is 0.190. The van der Waals surface area contributed by atoms with E-state index in [2.05, 4.69) is 15.6 Å². The molecule has 1 fully saturated rings. The maximum atomic E-state index is 14.7. The van der Waals surface area contributed by atoms with Crippen molar-refractivity contribution in [2.75, 3.05) is 13.7 Å². The number of nitrogens with two attached hydrogens (primary N) is 1. The number of imide groups is 1. The van der Waals surface area contributed by atoms with Crippen LogP contribution in [-0.4, -0.2) is 47.3 Å². The first-order chi connectivity index (χ1) is 15.7. The molecule has 4 heterocycles. The van der Waals surface area contributed by atoms with Crippen LogP contribution in [0, 0.1) is 5.82 Å². The van der Waals surface area contributed by atoms with Gasteiger partial charge in [-0.15, -0.1) is 0 Å². The van der Waals surface area contributed by atoms with Gasteiger partial charge in [0.05, 0.1) is 24.8 Å². The average molecular weight is 453 g/mol. The van der Waals surface area contributed by atoms with Crippen molar-refractivity contribution in [2.24, 2.45) is 5.73 Å². The van der Waals surface area contributed by atoms with E-state index in [9.17, 15) is 23.6 Å². The molecule has 1 aromatic carbocycles. The van der Waals surface area contributed by atoms with E-state index < -0.39 is 35.1 Å². The van der Waals surface area contributed by atoms with Gasteiger partial charge < -0.3 is 25.1 Å². The zero-order chi connectivity index (χ0) is 23.5. The number of methoxy groups -OCH3 is 1. The van der Waals surface area contributed by atoms with E-state index in [1.165, 1.54) is 36.4 Å². The molecule has 0 saturated carbocycles. The number of ether oxygens (including phenoxy) is 1. The van der Waals surface area contributed by atoms with Gasteiger partial charge in [-0.25, -0.2) is 9.18 Å². The minimum Gasteiger partial charge on any atom is -0.494 e. The molecule has 1 atom stereocenters. The molecule has 5 amide bonds. The maximum Gasteiger partial charge on any atom is 0.322 e. The molecule has 2 aliphatic heterocycles. The van der Waals surface area contributed by atoms with Crippen LogP contribution in [0.15, 0.2) is 34.9 Å². The van der Waals surface area contributed by atoms with Gasteiger partial charge in [0.15, 0.2) is 22.7 Å². The van der Waals surface area contributed by atoms with Gasteiger partial charge in [0, 0.05) is 18.8 Å². The van der Waals surface area contributed by atoms with Crippen LogP contribution in [0.2, 0.25) is 0 Å². The lowest BCUT2D eigenvalue weighted by atomic mass is 9.95. The van der Waals surface area contributed by atoms with Gasteiger partial charge >= 0.3 is 6.03 Å². The number of furan rings is 1. The van der Waals surface area contributed by atoms with Crippen LogP contribution in [0.5, 0.6) is 5.75 Å². The van der Waals surface area contributed by atoms with Crippen LogP contribution in [-0.2, 0) is 16.9 Å². The highest BCUT2D eigenvalue weighted by atomic mass is 19.1. The summed E-state index contributed by atoms with van der Waals surface area (Å²) in [6.45, 7) is -0.341. The van der Waals surface area contributed by atoms with E-state index in [4.69, 9.17) is 14.9 Å². The topological polar surface area (TPSA) is 157 Å². The number of nitrogens with zero attached hydrogens (tertiary/aromatic N) is 2. The Morgan fingerprint density at radius 1 is 1.33 bits per heavy atom. The Kier molecular flexibility index (Phi) is 4.34. The average Bonchev–Trinajstić information content (AvgIpc) is 3.42. The summed E-state index contributed by atoms with van der Waals surface area (Å²) in [4.78, 5) is 54.8. The van der Waals surface area contributed by atoms with Crippen LogP contribution in [0.1, 0.15) is 32.0 Å². The van der Waals surface area contributed by atoms with Crippen LogP contribution in [0.4, 0.5) is 9.18 Å². The molecular formula is C21H16FN5O6. The highest BCUT2D eigenvalue weighted by molar-refractivity contribution is 6.08. The highest BCUT2D eigenvalue weighted by Gasteiger charge is 2.53. The van der Waals surface area contributed by atoms with Gasteiger partial charge in [0.2, 0.25) is 5.91 Å². The lowest BCUT2D eigenvalue weighted by molar-refractivity contribution is -0.125. The van der Waals surface area contributed by atoms with Crippen LogP contribution < -0.4 is 21.1 Å². The van der Waals surface area contributed by atoms with Gasteiger partial charge in [-0.05, 0) is 17.7 Å². The maximum absolute atomic E-state index is 14.7. The van der Waals surface area contributed by atoms with Gasteiger partial charge in [0.25, 0.3) is 11.8 Å². The minimum absolute atomic E-state index is 0.00425. The van der Waals surface area contributed by atoms with Crippen molar-refractivity contribution in [3.63, 3.8) is 0 Å². The minimum atomic E-state index is -1.80. The van der Waals surface area contributed by atoms with Gasteiger partial charge in [-0.3, -0.25) is 24.7 Å². The van der Waals surface area contributed by atoms with E-state index >= 15 is 0 Å². The summed E-state index contributed by atoms with van der Waals surface area (Å²) in [6.07, 6.45) is 1.25. The number of halogens is 1. The molecule has 5 rings (SSSR count). The summed E-state index contributed by atoms with van der Waals surface area (Å²) < 4.78 is 25.4. The van der Waals surface area contributed by atoms with Crippen LogP contribution >= 0.6 is 0 Å². The van der Waals surface area contributed by atoms with E-state index in [0.29, 0.717) is 11.1 Å². The molecule has 2 aliphatic rings. The number of hydrogen-bond acceptors (Lipinski definition) is 7. The number of amides is 5. The number of hydrogen-bond donors (Lipinski definition) is 3. The monoisotopic (exact) mass is 453 g/mol. The normalized spacial score (nSPS) is 19.6. The first-order valence-corrected chi connectivity index (χ1v) is 9.71. The predicted octanol–water partition coefficient (Wildman–Crippen LogP) is 0.765. The fourth-order valence-corrected chi connectivity index (χ4v) is 4.08. The molecule has 11 nitrogen and oxygen atoms in total. The number of aromatic nitrogens is 1. The Morgan fingerprint density at radius 3 is 2.79 bits per heavy atom. The molecule has 1 unspecified atom stereocenters. The number of urea groups is 1. The van der Waals surface area contributed by atoms with Crippen molar-refractivity contribution in [1.82, 2.24) is 20.5 Å². The summed E-state index contributed by atoms with van der Waals surface area (Å²) in [5, 5.41) is 4.66. The quantitative estimate of drug-likeness (QED) is 0.482. The Labute approximate surface area is 184 Å². The van der Waals surface area contributed by atoms with Crippen LogP contribution in [0.25, 0.3) is 11.1 Å². The summed E-state index contributed by atoms with van der Waals surface area (Å²) in [7, 11) is 1.29. The first-order valence-electron chi connectivity index (χ1n) is 9.71. The summed E-state index contributed by atoms with van der Waals surface area (Å²) in [5.41, 5.74) is 4.27. The molecule has 3 aromatic rings. The molecule has 0 radical (unpaired) electrons. The van der Waals surface area contributed by atoms with E-state index in [0.717, 1.165) is 0 Å². The second-order valence-electron chi connectivity index (χ2n) is 7.67. The number of benzene rings is 1. The third kappa shape index (κ3) is 2.98. The SMILES string of the molecule is COc1ccc2c(c1F)C(=O)N(CC1(c3cc4ncc(C(N)=O)cc4o3)NC(=O)NC1=O)C2. The van der Waals surface area contributed by atoms with E-state index in [1.807, 2.05) is 0 Å². The van der Waals surface area contributed by atoms with Crippen LogP contribution in [0.3, 0.4) is 0 Å². The number of pyridine rings is 1. The molecule has 2 aromatic heterocycles. The number of nitrogens with one attached hydrogen (secondary N) is 2. The molecule has 168 valence electrons. The molecule has 33 heavy (non-hydrogen) atoms. The number of primary amides is 1.